The topological polar surface area (TPSA) is 43.7 Å². The van der Waals surface area contributed by atoms with Crippen molar-refractivity contribution in [2.24, 2.45) is 4.99 Å². The lowest BCUT2D eigenvalue weighted by molar-refractivity contribution is 0.311. The second kappa shape index (κ2) is 5.40. The molecule has 0 amide bonds. The van der Waals surface area contributed by atoms with Crippen molar-refractivity contribution >= 4 is 22.7 Å². The molecule has 3 rings (SSSR count). The van der Waals surface area contributed by atoms with Crippen molar-refractivity contribution in [3.8, 4) is 11.5 Å². The normalized spacial score (nSPS) is 11.8. The minimum absolute atomic E-state index is 0. The largest absolute Gasteiger partial charge is 0.493 e. The zero-order chi connectivity index (χ0) is 12.5. The molecular formula is C14H16N2O2S. The molecule has 5 heteroatoms. The van der Waals surface area contributed by atoms with Crippen molar-refractivity contribution in [2.75, 3.05) is 13.7 Å². The molecular weight excluding hydrogens is 260 g/mol. The number of fused-ring (bicyclic) bond motifs is 1. The lowest BCUT2D eigenvalue weighted by Gasteiger charge is -2.20. The van der Waals surface area contributed by atoms with Gasteiger partial charge in [0.15, 0.2) is 11.5 Å². The van der Waals surface area contributed by atoms with E-state index >= 15 is 0 Å². The quantitative estimate of drug-likeness (QED) is 0.730. The summed E-state index contributed by atoms with van der Waals surface area (Å²) in [6.45, 7) is 2.56. The highest BCUT2D eigenvalue weighted by molar-refractivity contribution is 7.12. The molecule has 0 aliphatic carbocycles. The summed E-state index contributed by atoms with van der Waals surface area (Å²) < 4.78 is 10.9. The minimum Gasteiger partial charge on any atom is -0.493 e. The van der Waals surface area contributed by atoms with E-state index in [-0.39, 0.29) is 7.43 Å². The summed E-state index contributed by atoms with van der Waals surface area (Å²) in [6.07, 6.45) is 1.79. The van der Waals surface area contributed by atoms with Crippen LogP contribution in [0.2, 0.25) is 0 Å². The van der Waals surface area contributed by atoms with Gasteiger partial charge in [-0.3, -0.25) is 0 Å². The number of thiazole rings is 1. The third kappa shape index (κ3) is 2.21. The number of hydrogen-bond donors (Lipinski definition) is 0. The fourth-order valence-electron chi connectivity index (χ4n) is 1.89. The van der Waals surface area contributed by atoms with Crippen LogP contribution < -0.4 is 9.47 Å². The lowest BCUT2D eigenvalue weighted by atomic mass is 10.0. The van der Waals surface area contributed by atoms with Gasteiger partial charge in [-0.25, -0.2) is 9.98 Å². The fourth-order valence-corrected chi connectivity index (χ4v) is 2.53. The van der Waals surface area contributed by atoms with Crippen LogP contribution >= 0.6 is 11.3 Å². The molecule has 0 atom stereocenters. The van der Waals surface area contributed by atoms with Crippen molar-refractivity contribution in [3.63, 3.8) is 0 Å². The van der Waals surface area contributed by atoms with Gasteiger partial charge in [0.2, 0.25) is 0 Å². The van der Waals surface area contributed by atoms with Gasteiger partial charge in [0.25, 0.3) is 0 Å². The maximum absolute atomic E-state index is 5.57. The smallest absolute Gasteiger partial charge is 0.162 e. The van der Waals surface area contributed by atoms with Crippen molar-refractivity contribution in [1.29, 1.82) is 0 Å². The summed E-state index contributed by atoms with van der Waals surface area (Å²) in [6, 6.07) is 3.87. The van der Waals surface area contributed by atoms with Crippen molar-refractivity contribution in [3.05, 3.63) is 34.3 Å². The molecule has 0 radical (unpaired) electrons. The minimum atomic E-state index is 0. The molecule has 2 aromatic rings. The molecule has 1 aromatic carbocycles. The molecule has 0 bridgehead atoms. The molecule has 0 spiro atoms. The lowest BCUT2D eigenvalue weighted by Crippen LogP contribution is -2.11. The van der Waals surface area contributed by atoms with E-state index in [1.165, 1.54) is 0 Å². The molecule has 0 saturated carbocycles. The average molecular weight is 276 g/mol. The van der Waals surface area contributed by atoms with E-state index < -0.39 is 0 Å². The van der Waals surface area contributed by atoms with Gasteiger partial charge >= 0.3 is 0 Å². The maximum atomic E-state index is 5.57. The summed E-state index contributed by atoms with van der Waals surface area (Å²) in [5, 5.41) is 2.89. The number of methoxy groups -OCH3 is 1. The number of nitrogens with zero attached hydrogens (tertiary/aromatic N) is 2. The highest BCUT2D eigenvalue weighted by Crippen LogP contribution is 2.41. The zero-order valence-corrected chi connectivity index (χ0v) is 11.0. The third-order valence-electron chi connectivity index (χ3n) is 2.70. The Hall–Kier alpha value is -1.88. The molecule has 0 saturated heterocycles. The first kappa shape index (κ1) is 13.5. The third-order valence-corrected chi connectivity index (χ3v) is 3.48. The Morgan fingerprint density at radius 1 is 1.26 bits per heavy atom. The van der Waals surface area contributed by atoms with Gasteiger partial charge in [0.1, 0.15) is 10.7 Å². The van der Waals surface area contributed by atoms with Crippen LogP contribution in [0.5, 0.6) is 11.5 Å². The van der Waals surface area contributed by atoms with Crippen LogP contribution in [0, 0.1) is 0 Å². The Labute approximate surface area is 116 Å². The molecule has 1 aromatic heterocycles. The SMILES string of the molecule is C.CCOc1cc2c(cc1OC)N=C2c1nccs1. The van der Waals surface area contributed by atoms with Crippen LogP contribution in [0.4, 0.5) is 5.69 Å². The van der Waals surface area contributed by atoms with Crippen molar-refractivity contribution in [1.82, 2.24) is 4.98 Å². The zero-order valence-electron chi connectivity index (χ0n) is 10.1. The number of ether oxygens (including phenoxy) is 2. The van der Waals surface area contributed by atoms with Gasteiger partial charge in [0.05, 0.1) is 19.4 Å². The van der Waals surface area contributed by atoms with Gasteiger partial charge in [-0.15, -0.1) is 11.3 Å². The van der Waals surface area contributed by atoms with Gasteiger partial charge in [-0.1, -0.05) is 7.43 Å². The van der Waals surface area contributed by atoms with E-state index in [1.807, 2.05) is 24.4 Å². The van der Waals surface area contributed by atoms with E-state index in [0.717, 1.165) is 33.5 Å². The Morgan fingerprint density at radius 3 is 2.74 bits per heavy atom. The number of aromatic nitrogens is 1. The Balaban J connectivity index is 0.00000133. The molecule has 0 fully saturated rings. The summed E-state index contributed by atoms with van der Waals surface area (Å²) in [7, 11) is 1.63. The second-order valence-electron chi connectivity index (χ2n) is 3.75. The number of benzene rings is 1. The van der Waals surface area contributed by atoms with Crippen LogP contribution in [0.3, 0.4) is 0 Å². The molecule has 0 unspecified atom stereocenters. The van der Waals surface area contributed by atoms with Crippen LogP contribution in [0.15, 0.2) is 28.7 Å². The van der Waals surface area contributed by atoms with Gasteiger partial charge in [-0.2, -0.15) is 0 Å². The van der Waals surface area contributed by atoms with Crippen molar-refractivity contribution < 1.29 is 9.47 Å². The second-order valence-corrected chi connectivity index (χ2v) is 4.65. The fraction of sp³-hybridized carbons (Fsp3) is 0.286. The Bertz CT molecular complexity index is 606. The summed E-state index contributed by atoms with van der Waals surface area (Å²) in [5.41, 5.74) is 2.94. The van der Waals surface area contributed by atoms with E-state index in [2.05, 4.69) is 9.98 Å². The predicted molar refractivity (Wildman–Crippen MR) is 78.3 cm³/mol. The summed E-state index contributed by atoms with van der Waals surface area (Å²) >= 11 is 1.59. The summed E-state index contributed by atoms with van der Waals surface area (Å²) in [5.74, 6) is 1.47. The number of aliphatic imine (C=N–C) groups is 1. The highest BCUT2D eigenvalue weighted by Gasteiger charge is 2.25. The van der Waals surface area contributed by atoms with Crippen LogP contribution in [0.1, 0.15) is 24.9 Å². The molecule has 19 heavy (non-hydrogen) atoms. The van der Waals surface area contributed by atoms with E-state index in [9.17, 15) is 0 Å². The monoisotopic (exact) mass is 276 g/mol. The van der Waals surface area contributed by atoms with Crippen LogP contribution in [-0.4, -0.2) is 24.4 Å². The van der Waals surface area contributed by atoms with E-state index in [4.69, 9.17) is 9.47 Å². The molecule has 1 aliphatic heterocycles. The molecule has 100 valence electrons. The van der Waals surface area contributed by atoms with Gasteiger partial charge in [-0.05, 0) is 13.0 Å². The first-order valence-corrected chi connectivity index (χ1v) is 6.55. The number of hydrogen-bond acceptors (Lipinski definition) is 5. The van der Waals surface area contributed by atoms with Crippen molar-refractivity contribution in [2.45, 2.75) is 14.4 Å². The highest BCUT2D eigenvalue weighted by atomic mass is 32.1. The predicted octanol–water partition coefficient (Wildman–Crippen LogP) is 3.67. The molecule has 0 N–H and O–H groups in total. The first-order chi connectivity index (χ1) is 8.83. The molecule has 1 aliphatic rings. The molecule has 4 nitrogen and oxygen atoms in total. The van der Waals surface area contributed by atoms with Crippen LogP contribution in [0.25, 0.3) is 0 Å². The van der Waals surface area contributed by atoms with Crippen LogP contribution in [-0.2, 0) is 0 Å². The Kier molecular flexibility index (Phi) is 3.85. The Morgan fingerprint density at radius 2 is 2.11 bits per heavy atom. The van der Waals surface area contributed by atoms with E-state index in [0.29, 0.717) is 6.61 Å². The average Bonchev–Trinajstić information content (AvgIpc) is 2.87. The molecule has 2 heterocycles. The first-order valence-electron chi connectivity index (χ1n) is 5.67. The van der Waals surface area contributed by atoms with E-state index in [1.54, 1.807) is 24.6 Å². The summed E-state index contributed by atoms with van der Waals surface area (Å²) in [4.78, 5) is 8.74. The van der Waals surface area contributed by atoms with Gasteiger partial charge < -0.3 is 9.47 Å². The van der Waals surface area contributed by atoms with Gasteiger partial charge in [0, 0.05) is 23.2 Å². The standard InChI is InChI=1S/C13H12N2O2S.CH4/c1-3-17-11-6-8-9(7-10(11)16-2)15-12(8)13-14-4-5-18-13;/h4-7H,3H2,1-2H3;1H4. The maximum Gasteiger partial charge on any atom is 0.162 e. The number of rotatable bonds is 4.